The minimum Gasteiger partial charge on any atom is -0.271 e. The number of nitrogens with zero attached hydrogens (tertiary/aromatic N) is 1. The van der Waals surface area contributed by atoms with Crippen molar-refractivity contribution >= 4 is 22.6 Å². The van der Waals surface area contributed by atoms with Gasteiger partial charge in [-0.3, -0.25) is 14.5 Å². The second kappa shape index (κ2) is 4.69. The summed E-state index contributed by atoms with van der Waals surface area (Å²) in [5, 5.41) is 2.03. The van der Waals surface area contributed by atoms with Crippen LogP contribution in [0.25, 0.3) is 10.8 Å². The summed E-state index contributed by atoms with van der Waals surface area (Å²) in [4.78, 5) is 26.8. The van der Waals surface area contributed by atoms with E-state index in [-0.39, 0.29) is 17.9 Å². The molecular weight excluding hydrogens is 262 g/mol. The van der Waals surface area contributed by atoms with Crippen LogP contribution >= 0.6 is 0 Å². The van der Waals surface area contributed by atoms with Crippen LogP contribution in [-0.2, 0) is 0 Å². The number of imide groups is 1. The molecule has 4 rings (SSSR count). The summed E-state index contributed by atoms with van der Waals surface area (Å²) in [5.41, 5.74) is 1.15. The van der Waals surface area contributed by atoms with Gasteiger partial charge in [-0.25, -0.2) is 0 Å². The van der Waals surface area contributed by atoms with Crippen molar-refractivity contribution in [2.24, 2.45) is 0 Å². The van der Waals surface area contributed by atoms with Crippen LogP contribution in [0.1, 0.15) is 52.8 Å². The first kappa shape index (κ1) is 12.6. The van der Waals surface area contributed by atoms with Gasteiger partial charge in [-0.05, 0) is 35.7 Å². The SMILES string of the molecule is O=C1c2cc3ccccc3cc2C(=O)N1C1CCCCC1. The minimum absolute atomic E-state index is 0.0919. The molecule has 1 aliphatic carbocycles. The van der Waals surface area contributed by atoms with Gasteiger partial charge in [-0.2, -0.15) is 0 Å². The summed E-state index contributed by atoms with van der Waals surface area (Å²) < 4.78 is 0. The van der Waals surface area contributed by atoms with Gasteiger partial charge in [0.05, 0.1) is 11.1 Å². The highest BCUT2D eigenvalue weighted by molar-refractivity contribution is 6.23. The Balaban J connectivity index is 1.80. The topological polar surface area (TPSA) is 37.4 Å². The van der Waals surface area contributed by atoms with Gasteiger partial charge in [0.1, 0.15) is 0 Å². The van der Waals surface area contributed by atoms with Crippen molar-refractivity contribution in [3.05, 3.63) is 47.5 Å². The molecule has 1 saturated carbocycles. The van der Waals surface area contributed by atoms with Crippen LogP contribution in [0.5, 0.6) is 0 Å². The second-order valence-electron chi connectivity index (χ2n) is 6.02. The number of amides is 2. The van der Waals surface area contributed by atoms with E-state index in [1.807, 2.05) is 36.4 Å². The van der Waals surface area contributed by atoms with Crippen LogP contribution in [0.2, 0.25) is 0 Å². The van der Waals surface area contributed by atoms with Crippen LogP contribution in [0.4, 0.5) is 0 Å². The average molecular weight is 279 g/mol. The zero-order valence-corrected chi connectivity index (χ0v) is 11.8. The Morgan fingerprint density at radius 1 is 0.810 bits per heavy atom. The minimum atomic E-state index is -0.104. The Labute approximate surface area is 123 Å². The fourth-order valence-corrected chi connectivity index (χ4v) is 3.62. The molecule has 3 heteroatoms. The van der Waals surface area contributed by atoms with E-state index < -0.39 is 0 Å². The molecule has 0 bridgehead atoms. The van der Waals surface area contributed by atoms with Crippen LogP contribution < -0.4 is 0 Å². The molecule has 106 valence electrons. The third-order valence-corrected chi connectivity index (χ3v) is 4.72. The smallest absolute Gasteiger partial charge is 0.261 e. The molecule has 1 heterocycles. The third kappa shape index (κ3) is 1.88. The molecule has 0 atom stereocenters. The van der Waals surface area contributed by atoms with E-state index in [9.17, 15) is 9.59 Å². The van der Waals surface area contributed by atoms with Gasteiger partial charge in [0.15, 0.2) is 0 Å². The van der Waals surface area contributed by atoms with E-state index in [2.05, 4.69) is 0 Å². The Hall–Kier alpha value is -2.16. The zero-order chi connectivity index (χ0) is 14.4. The highest BCUT2D eigenvalue weighted by atomic mass is 16.2. The molecule has 0 saturated heterocycles. The first-order valence-corrected chi connectivity index (χ1v) is 7.66. The van der Waals surface area contributed by atoms with Crippen molar-refractivity contribution in [3.8, 4) is 0 Å². The Bertz CT molecular complexity index is 689. The molecule has 21 heavy (non-hydrogen) atoms. The lowest BCUT2D eigenvalue weighted by atomic mass is 9.94. The lowest BCUT2D eigenvalue weighted by Gasteiger charge is -2.29. The fraction of sp³-hybridized carbons (Fsp3) is 0.333. The Kier molecular flexibility index (Phi) is 2.81. The number of rotatable bonds is 1. The maximum absolute atomic E-state index is 12.7. The van der Waals surface area contributed by atoms with Crippen molar-refractivity contribution in [2.75, 3.05) is 0 Å². The number of hydrogen-bond acceptors (Lipinski definition) is 2. The van der Waals surface area contributed by atoms with Crippen LogP contribution in [0.3, 0.4) is 0 Å². The van der Waals surface area contributed by atoms with Gasteiger partial charge >= 0.3 is 0 Å². The maximum Gasteiger partial charge on any atom is 0.261 e. The predicted octanol–water partition coefficient (Wildman–Crippen LogP) is 3.77. The first-order chi connectivity index (χ1) is 10.3. The van der Waals surface area contributed by atoms with Gasteiger partial charge in [0.25, 0.3) is 11.8 Å². The van der Waals surface area contributed by atoms with E-state index in [4.69, 9.17) is 0 Å². The molecule has 1 aliphatic heterocycles. The normalized spacial score (nSPS) is 19.3. The predicted molar refractivity (Wildman–Crippen MR) is 81.3 cm³/mol. The Morgan fingerprint density at radius 3 is 1.86 bits per heavy atom. The highest BCUT2D eigenvalue weighted by Crippen LogP contribution is 2.33. The van der Waals surface area contributed by atoms with Gasteiger partial charge < -0.3 is 0 Å². The number of carbonyl (C=O) groups excluding carboxylic acids is 2. The molecule has 3 nitrogen and oxygen atoms in total. The molecule has 0 spiro atoms. The van der Waals surface area contributed by atoms with E-state index in [0.717, 1.165) is 36.5 Å². The standard InChI is InChI=1S/C18H17NO2/c20-17-15-10-12-6-4-5-7-13(12)11-16(15)18(21)19(17)14-8-2-1-3-9-14/h4-7,10-11,14H,1-3,8-9H2. The summed E-state index contributed by atoms with van der Waals surface area (Å²) >= 11 is 0. The van der Waals surface area contributed by atoms with Crippen LogP contribution in [0, 0.1) is 0 Å². The molecule has 0 radical (unpaired) electrons. The molecule has 0 unspecified atom stereocenters. The van der Waals surface area contributed by atoms with E-state index in [1.165, 1.54) is 11.3 Å². The number of carbonyl (C=O) groups is 2. The lowest BCUT2D eigenvalue weighted by Crippen LogP contribution is -2.40. The highest BCUT2D eigenvalue weighted by Gasteiger charge is 2.40. The number of hydrogen-bond donors (Lipinski definition) is 0. The van der Waals surface area contributed by atoms with Crippen LogP contribution in [-0.4, -0.2) is 22.8 Å². The number of benzene rings is 2. The molecular formula is C18H17NO2. The fourth-order valence-electron chi connectivity index (χ4n) is 3.62. The van der Waals surface area contributed by atoms with Crippen molar-refractivity contribution < 1.29 is 9.59 Å². The summed E-state index contributed by atoms with van der Waals surface area (Å²) in [6, 6.07) is 11.7. The van der Waals surface area contributed by atoms with E-state index in [0.29, 0.717) is 11.1 Å². The van der Waals surface area contributed by atoms with Gasteiger partial charge in [-0.1, -0.05) is 43.5 Å². The maximum atomic E-state index is 12.7. The summed E-state index contributed by atoms with van der Waals surface area (Å²) in [6.45, 7) is 0. The molecule has 1 fully saturated rings. The first-order valence-electron chi connectivity index (χ1n) is 7.66. The number of fused-ring (bicyclic) bond motifs is 2. The van der Waals surface area contributed by atoms with E-state index >= 15 is 0 Å². The molecule has 2 amide bonds. The van der Waals surface area contributed by atoms with Crippen LogP contribution in [0.15, 0.2) is 36.4 Å². The van der Waals surface area contributed by atoms with Crippen molar-refractivity contribution in [2.45, 2.75) is 38.1 Å². The molecule has 0 N–H and O–H groups in total. The molecule has 2 aliphatic rings. The third-order valence-electron chi connectivity index (χ3n) is 4.72. The largest absolute Gasteiger partial charge is 0.271 e. The quantitative estimate of drug-likeness (QED) is 0.745. The Morgan fingerprint density at radius 2 is 1.33 bits per heavy atom. The zero-order valence-electron chi connectivity index (χ0n) is 11.8. The van der Waals surface area contributed by atoms with Gasteiger partial charge in [0.2, 0.25) is 0 Å². The lowest BCUT2D eigenvalue weighted by molar-refractivity contribution is 0.0549. The monoisotopic (exact) mass is 279 g/mol. The summed E-state index contributed by atoms with van der Waals surface area (Å²) in [5.74, 6) is -0.208. The van der Waals surface area contributed by atoms with Gasteiger partial charge in [-0.15, -0.1) is 0 Å². The van der Waals surface area contributed by atoms with Crippen molar-refractivity contribution in [3.63, 3.8) is 0 Å². The molecule has 0 aromatic heterocycles. The van der Waals surface area contributed by atoms with Gasteiger partial charge in [0, 0.05) is 6.04 Å². The van der Waals surface area contributed by atoms with Crippen molar-refractivity contribution in [1.29, 1.82) is 0 Å². The summed E-state index contributed by atoms with van der Waals surface area (Å²) in [7, 11) is 0. The average Bonchev–Trinajstić information content (AvgIpc) is 2.77. The molecule has 2 aromatic rings. The molecule has 2 aromatic carbocycles. The second-order valence-corrected chi connectivity index (χ2v) is 6.02. The van der Waals surface area contributed by atoms with Crippen molar-refractivity contribution in [1.82, 2.24) is 4.90 Å². The summed E-state index contributed by atoms with van der Waals surface area (Å²) in [6.07, 6.45) is 5.33. The van der Waals surface area contributed by atoms with E-state index in [1.54, 1.807) is 0 Å².